The molecule has 0 amide bonds. The zero-order valence-electron chi connectivity index (χ0n) is 11.4. The first-order valence-electron chi connectivity index (χ1n) is 6.68. The monoisotopic (exact) mass is 283 g/mol. The number of benzene rings is 1. The molecule has 19 heavy (non-hydrogen) atoms. The number of rotatable bonds is 4. The Morgan fingerprint density at radius 2 is 2.11 bits per heavy atom. The van der Waals surface area contributed by atoms with Gasteiger partial charge in [0.15, 0.2) is 9.84 Å². The molecule has 106 valence electrons. The van der Waals surface area contributed by atoms with Crippen LogP contribution in [0.5, 0.6) is 0 Å². The first-order chi connectivity index (χ1) is 9.00. The molecule has 2 atom stereocenters. The Hall–Kier alpha value is -1.07. The molecule has 0 bridgehead atoms. The fourth-order valence-electron chi connectivity index (χ4n) is 2.42. The molecule has 2 unspecified atom stereocenters. The quantitative estimate of drug-likeness (QED) is 0.922. The topological polar surface area (TPSA) is 55.4 Å². The number of ether oxygens (including phenoxy) is 1. The van der Waals surface area contributed by atoms with Gasteiger partial charge in [-0.15, -0.1) is 0 Å². The van der Waals surface area contributed by atoms with Gasteiger partial charge in [0, 0.05) is 18.9 Å². The van der Waals surface area contributed by atoms with Crippen LogP contribution in [-0.4, -0.2) is 33.4 Å². The SMILES string of the molecule is CCC1CC(Nc2ccccc2S(C)(=O)=O)CCO1. The molecule has 0 radical (unpaired) electrons. The van der Waals surface area contributed by atoms with Gasteiger partial charge in [-0.25, -0.2) is 8.42 Å². The molecule has 2 rings (SSSR count). The van der Waals surface area contributed by atoms with E-state index >= 15 is 0 Å². The Labute approximate surface area is 115 Å². The van der Waals surface area contributed by atoms with E-state index in [4.69, 9.17) is 4.74 Å². The zero-order chi connectivity index (χ0) is 13.9. The maximum absolute atomic E-state index is 11.8. The third-order valence-corrected chi connectivity index (χ3v) is 4.62. The summed E-state index contributed by atoms with van der Waals surface area (Å²) in [4.78, 5) is 0.370. The highest BCUT2D eigenvalue weighted by Crippen LogP contribution is 2.25. The van der Waals surface area contributed by atoms with Crippen molar-refractivity contribution in [2.75, 3.05) is 18.2 Å². The van der Waals surface area contributed by atoms with Crippen LogP contribution in [0.15, 0.2) is 29.2 Å². The molecule has 1 aliphatic rings. The summed E-state index contributed by atoms with van der Waals surface area (Å²) in [5, 5.41) is 3.36. The third-order valence-electron chi connectivity index (χ3n) is 3.47. The number of anilines is 1. The maximum atomic E-state index is 11.8. The minimum Gasteiger partial charge on any atom is -0.381 e. The fraction of sp³-hybridized carbons (Fsp3) is 0.571. The summed E-state index contributed by atoms with van der Waals surface area (Å²) in [6.07, 6.45) is 4.35. The highest BCUT2D eigenvalue weighted by Gasteiger charge is 2.22. The van der Waals surface area contributed by atoms with Crippen LogP contribution in [0, 0.1) is 0 Å². The highest BCUT2D eigenvalue weighted by molar-refractivity contribution is 7.90. The van der Waals surface area contributed by atoms with Crippen LogP contribution in [0.1, 0.15) is 26.2 Å². The molecule has 0 spiro atoms. The van der Waals surface area contributed by atoms with Gasteiger partial charge >= 0.3 is 0 Å². The average molecular weight is 283 g/mol. The van der Waals surface area contributed by atoms with Crippen molar-refractivity contribution < 1.29 is 13.2 Å². The minimum atomic E-state index is -3.20. The van der Waals surface area contributed by atoms with Crippen LogP contribution >= 0.6 is 0 Å². The van der Waals surface area contributed by atoms with Crippen molar-refractivity contribution in [2.24, 2.45) is 0 Å². The van der Waals surface area contributed by atoms with E-state index in [2.05, 4.69) is 12.2 Å². The van der Waals surface area contributed by atoms with E-state index in [-0.39, 0.29) is 12.1 Å². The minimum absolute atomic E-state index is 0.275. The van der Waals surface area contributed by atoms with Crippen molar-refractivity contribution in [3.8, 4) is 0 Å². The molecule has 1 aromatic carbocycles. The van der Waals surface area contributed by atoms with Gasteiger partial charge in [0.25, 0.3) is 0 Å². The van der Waals surface area contributed by atoms with Gasteiger partial charge in [0.05, 0.1) is 16.7 Å². The Bertz CT molecular complexity index is 527. The first-order valence-corrected chi connectivity index (χ1v) is 8.57. The molecule has 1 aliphatic heterocycles. The predicted octanol–water partition coefficient (Wildman–Crippen LogP) is 2.46. The lowest BCUT2D eigenvalue weighted by Gasteiger charge is -2.30. The Balaban J connectivity index is 2.15. The zero-order valence-corrected chi connectivity index (χ0v) is 12.2. The van der Waals surface area contributed by atoms with Gasteiger partial charge in [-0.3, -0.25) is 0 Å². The lowest BCUT2D eigenvalue weighted by molar-refractivity contribution is 0.00922. The molecule has 1 aromatic rings. The fourth-order valence-corrected chi connectivity index (χ4v) is 3.28. The van der Waals surface area contributed by atoms with E-state index in [9.17, 15) is 8.42 Å². The Kier molecular flexibility index (Phi) is 4.47. The molecule has 1 saturated heterocycles. The van der Waals surface area contributed by atoms with E-state index in [1.165, 1.54) is 6.26 Å². The van der Waals surface area contributed by atoms with Gasteiger partial charge in [0.2, 0.25) is 0 Å². The molecular formula is C14H21NO3S. The van der Waals surface area contributed by atoms with Crippen molar-refractivity contribution in [1.29, 1.82) is 0 Å². The van der Waals surface area contributed by atoms with Crippen LogP contribution in [0.25, 0.3) is 0 Å². The van der Waals surface area contributed by atoms with Crippen LogP contribution < -0.4 is 5.32 Å². The number of hydrogen-bond acceptors (Lipinski definition) is 4. The number of sulfone groups is 1. The largest absolute Gasteiger partial charge is 0.381 e. The lowest BCUT2D eigenvalue weighted by atomic mass is 10.0. The summed E-state index contributed by atoms with van der Waals surface area (Å²) < 4.78 is 29.1. The van der Waals surface area contributed by atoms with Gasteiger partial charge in [-0.2, -0.15) is 0 Å². The van der Waals surface area contributed by atoms with E-state index in [0.717, 1.165) is 25.9 Å². The van der Waals surface area contributed by atoms with Gasteiger partial charge in [-0.1, -0.05) is 19.1 Å². The number of nitrogens with one attached hydrogen (secondary N) is 1. The second kappa shape index (κ2) is 5.92. The van der Waals surface area contributed by atoms with Crippen molar-refractivity contribution in [1.82, 2.24) is 0 Å². The van der Waals surface area contributed by atoms with Gasteiger partial charge in [-0.05, 0) is 31.4 Å². The van der Waals surface area contributed by atoms with E-state index in [1.807, 2.05) is 12.1 Å². The predicted molar refractivity (Wildman–Crippen MR) is 76.2 cm³/mol. The molecule has 1 heterocycles. The molecule has 0 aliphatic carbocycles. The van der Waals surface area contributed by atoms with Crippen LogP contribution in [0.4, 0.5) is 5.69 Å². The first kappa shape index (κ1) is 14.3. The molecule has 0 saturated carbocycles. The molecule has 1 N–H and O–H groups in total. The van der Waals surface area contributed by atoms with E-state index in [0.29, 0.717) is 10.6 Å². The standard InChI is InChI=1S/C14H21NO3S/c1-3-12-10-11(8-9-18-12)15-13-6-4-5-7-14(13)19(2,16)17/h4-7,11-12,15H,3,8-10H2,1-2H3. The normalized spacial score (nSPS) is 24.1. The summed E-state index contributed by atoms with van der Waals surface area (Å²) in [5.74, 6) is 0. The third kappa shape index (κ3) is 3.70. The van der Waals surface area contributed by atoms with Gasteiger partial charge in [0.1, 0.15) is 0 Å². The molecular weight excluding hydrogens is 262 g/mol. The number of hydrogen-bond donors (Lipinski definition) is 1. The van der Waals surface area contributed by atoms with Crippen molar-refractivity contribution in [2.45, 2.75) is 43.2 Å². The Morgan fingerprint density at radius 3 is 2.79 bits per heavy atom. The molecule has 4 nitrogen and oxygen atoms in total. The van der Waals surface area contributed by atoms with Crippen molar-refractivity contribution in [3.05, 3.63) is 24.3 Å². The molecule has 1 fully saturated rings. The van der Waals surface area contributed by atoms with Gasteiger partial charge < -0.3 is 10.1 Å². The molecule has 5 heteroatoms. The summed E-state index contributed by atoms with van der Waals surface area (Å²) >= 11 is 0. The van der Waals surface area contributed by atoms with E-state index in [1.54, 1.807) is 12.1 Å². The van der Waals surface area contributed by atoms with Crippen LogP contribution in [0.2, 0.25) is 0 Å². The second-order valence-corrected chi connectivity index (χ2v) is 7.02. The van der Waals surface area contributed by atoms with E-state index < -0.39 is 9.84 Å². The maximum Gasteiger partial charge on any atom is 0.177 e. The van der Waals surface area contributed by atoms with Crippen molar-refractivity contribution in [3.63, 3.8) is 0 Å². The second-order valence-electron chi connectivity index (χ2n) is 5.04. The summed E-state index contributed by atoms with van der Waals surface area (Å²) in [6, 6.07) is 7.36. The highest BCUT2D eigenvalue weighted by atomic mass is 32.2. The molecule has 0 aromatic heterocycles. The summed E-state index contributed by atoms with van der Waals surface area (Å²) in [5.41, 5.74) is 0.701. The van der Waals surface area contributed by atoms with Crippen LogP contribution in [-0.2, 0) is 14.6 Å². The van der Waals surface area contributed by atoms with Crippen molar-refractivity contribution >= 4 is 15.5 Å². The average Bonchev–Trinajstić information content (AvgIpc) is 2.38. The Morgan fingerprint density at radius 1 is 1.37 bits per heavy atom. The lowest BCUT2D eigenvalue weighted by Crippen LogP contribution is -2.34. The summed E-state index contributed by atoms with van der Waals surface area (Å²) in [7, 11) is -3.20. The summed E-state index contributed by atoms with van der Waals surface area (Å²) in [6.45, 7) is 2.84. The smallest absolute Gasteiger partial charge is 0.177 e. The van der Waals surface area contributed by atoms with Crippen LogP contribution in [0.3, 0.4) is 0 Å². The number of para-hydroxylation sites is 1.